The number of hydrogen-bond acceptors (Lipinski definition) is 3. The molecule has 1 aliphatic heterocycles. The van der Waals surface area contributed by atoms with E-state index in [4.69, 9.17) is 0 Å². The molecule has 0 amide bonds. The van der Waals surface area contributed by atoms with Crippen LogP contribution in [0.4, 0.5) is 5.69 Å². The fourth-order valence-electron chi connectivity index (χ4n) is 2.42. The second-order valence-electron chi connectivity index (χ2n) is 6.31. The maximum absolute atomic E-state index is 3.74. The lowest BCUT2D eigenvalue weighted by Gasteiger charge is -2.39. The Kier molecular flexibility index (Phi) is 4.80. The average molecular weight is 278 g/mol. The highest BCUT2D eigenvalue weighted by Gasteiger charge is 2.31. The van der Waals surface area contributed by atoms with Crippen molar-refractivity contribution in [2.24, 2.45) is 5.41 Å². The summed E-state index contributed by atoms with van der Waals surface area (Å²) in [6.45, 7) is 5.75. The molecule has 1 aliphatic rings. The van der Waals surface area contributed by atoms with Gasteiger partial charge in [-0.05, 0) is 35.3 Å². The van der Waals surface area contributed by atoms with Crippen molar-refractivity contribution in [1.82, 2.24) is 5.32 Å². The molecule has 2 rings (SSSR count). The van der Waals surface area contributed by atoms with Gasteiger partial charge in [-0.15, -0.1) is 0 Å². The van der Waals surface area contributed by atoms with Gasteiger partial charge in [-0.1, -0.05) is 26.0 Å². The van der Waals surface area contributed by atoms with Crippen LogP contribution in [-0.4, -0.2) is 31.6 Å². The van der Waals surface area contributed by atoms with Crippen molar-refractivity contribution in [3.05, 3.63) is 29.8 Å². The summed E-state index contributed by atoms with van der Waals surface area (Å²) in [4.78, 5) is 2.14. The van der Waals surface area contributed by atoms with Crippen LogP contribution in [0.1, 0.15) is 25.8 Å². The van der Waals surface area contributed by atoms with E-state index in [1.807, 2.05) is 0 Å². The Balaban J connectivity index is 1.91. The molecule has 0 radical (unpaired) electrons. The van der Waals surface area contributed by atoms with Gasteiger partial charge >= 0.3 is 0 Å². The summed E-state index contributed by atoms with van der Waals surface area (Å²) in [5.41, 5.74) is 3.06. The molecule has 1 atom stereocenters. The van der Waals surface area contributed by atoms with Gasteiger partial charge in [0.1, 0.15) is 0 Å². The molecule has 1 heterocycles. The third kappa shape index (κ3) is 3.90. The van der Waals surface area contributed by atoms with Gasteiger partial charge in [-0.3, -0.25) is 0 Å². The van der Waals surface area contributed by atoms with E-state index in [0.29, 0.717) is 11.5 Å². The van der Waals surface area contributed by atoms with E-state index in [9.17, 15) is 0 Å². The first kappa shape index (κ1) is 14.7. The van der Waals surface area contributed by atoms with Gasteiger partial charge in [0.25, 0.3) is 0 Å². The summed E-state index contributed by atoms with van der Waals surface area (Å²) >= 11 is 2.08. The Bertz CT molecular complexity index is 398. The third-order valence-electron chi connectivity index (χ3n) is 4.12. The Morgan fingerprint density at radius 3 is 2.53 bits per heavy atom. The van der Waals surface area contributed by atoms with Crippen molar-refractivity contribution >= 4 is 17.4 Å². The molecule has 1 saturated heterocycles. The Morgan fingerprint density at radius 1 is 1.26 bits per heavy atom. The molecule has 1 fully saturated rings. The summed E-state index contributed by atoms with van der Waals surface area (Å²) in [6, 6.07) is 9.46. The molecule has 1 N–H and O–H groups in total. The molecular formula is C16H26N2S. The molecule has 1 aromatic rings. The zero-order valence-corrected chi connectivity index (χ0v) is 13.4. The molecule has 3 heteroatoms. The SMILES string of the molecule is CN(C)c1ccc(CNC2CSCCC2(C)C)cc1. The van der Waals surface area contributed by atoms with Crippen molar-refractivity contribution in [3.8, 4) is 0 Å². The van der Waals surface area contributed by atoms with Crippen LogP contribution in [0.25, 0.3) is 0 Å². The highest BCUT2D eigenvalue weighted by molar-refractivity contribution is 7.99. The molecular weight excluding hydrogens is 252 g/mol. The topological polar surface area (TPSA) is 15.3 Å². The molecule has 1 unspecified atom stereocenters. The Morgan fingerprint density at radius 2 is 1.95 bits per heavy atom. The number of thioether (sulfide) groups is 1. The molecule has 106 valence electrons. The first-order valence-corrected chi connectivity index (χ1v) is 8.22. The lowest BCUT2D eigenvalue weighted by molar-refractivity contribution is 0.245. The maximum Gasteiger partial charge on any atom is 0.0361 e. The van der Waals surface area contributed by atoms with E-state index in [0.717, 1.165) is 6.54 Å². The zero-order valence-electron chi connectivity index (χ0n) is 12.6. The van der Waals surface area contributed by atoms with E-state index < -0.39 is 0 Å². The van der Waals surface area contributed by atoms with E-state index in [1.54, 1.807) is 0 Å². The van der Waals surface area contributed by atoms with Crippen molar-refractivity contribution in [2.75, 3.05) is 30.5 Å². The van der Waals surface area contributed by atoms with Crippen LogP contribution in [0.5, 0.6) is 0 Å². The van der Waals surface area contributed by atoms with Crippen LogP contribution in [0, 0.1) is 5.41 Å². The van der Waals surface area contributed by atoms with Crippen LogP contribution in [0.3, 0.4) is 0 Å². The molecule has 0 bridgehead atoms. The van der Waals surface area contributed by atoms with E-state index in [-0.39, 0.29) is 0 Å². The molecule has 0 aliphatic carbocycles. The predicted molar refractivity (Wildman–Crippen MR) is 87.1 cm³/mol. The second kappa shape index (κ2) is 6.19. The largest absolute Gasteiger partial charge is 0.378 e. The van der Waals surface area contributed by atoms with Crippen LogP contribution in [0.2, 0.25) is 0 Å². The van der Waals surface area contributed by atoms with Crippen molar-refractivity contribution in [1.29, 1.82) is 0 Å². The summed E-state index contributed by atoms with van der Waals surface area (Å²) in [7, 11) is 4.16. The summed E-state index contributed by atoms with van der Waals surface area (Å²) in [6.07, 6.45) is 1.31. The standard InChI is InChI=1S/C16H26N2S/c1-16(2)9-10-19-12-15(16)17-11-13-5-7-14(8-6-13)18(3)4/h5-8,15,17H,9-12H2,1-4H3. The first-order valence-electron chi connectivity index (χ1n) is 7.06. The summed E-state index contributed by atoms with van der Waals surface area (Å²) < 4.78 is 0. The van der Waals surface area contributed by atoms with E-state index >= 15 is 0 Å². The van der Waals surface area contributed by atoms with Crippen molar-refractivity contribution < 1.29 is 0 Å². The lowest BCUT2D eigenvalue weighted by atomic mass is 9.82. The number of nitrogens with one attached hydrogen (secondary N) is 1. The minimum Gasteiger partial charge on any atom is -0.378 e. The van der Waals surface area contributed by atoms with Gasteiger partial charge in [-0.25, -0.2) is 0 Å². The normalized spacial score (nSPS) is 22.2. The highest BCUT2D eigenvalue weighted by atomic mass is 32.2. The number of nitrogens with zero attached hydrogens (tertiary/aromatic N) is 1. The molecule has 2 nitrogen and oxygen atoms in total. The Labute approximate surface area is 122 Å². The van der Waals surface area contributed by atoms with Gasteiger partial charge in [0, 0.05) is 38.1 Å². The summed E-state index contributed by atoms with van der Waals surface area (Å²) in [5.74, 6) is 2.55. The zero-order chi connectivity index (χ0) is 13.9. The van der Waals surface area contributed by atoms with Gasteiger partial charge in [0.15, 0.2) is 0 Å². The molecule has 1 aromatic carbocycles. The smallest absolute Gasteiger partial charge is 0.0361 e. The maximum atomic E-state index is 3.74. The number of anilines is 1. The molecule has 19 heavy (non-hydrogen) atoms. The number of rotatable bonds is 4. The van der Waals surface area contributed by atoms with Crippen LogP contribution in [0.15, 0.2) is 24.3 Å². The minimum atomic E-state index is 0.425. The van der Waals surface area contributed by atoms with Crippen LogP contribution >= 0.6 is 11.8 Å². The molecule has 0 saturated carbocycles. The second-order valence-corrected chi connectivity index (χ2v) is 7.46. The van der Waals surface area contributed by atoms with Gasteiger partial charge in [0.2, 0.25) is 0 Å². The summed E-state index contributed by atoms with van der Waals surface area (Å²) in [5, 5.41) is 3.74. The molecule has 0 spiro atoms. The minimum absolute atomic E-state index is 0.425. The fraction of sp³-hybridized carbons (Fsp3) is 0.625. The van der Waals surface area contributed by atoms with Crippen molar-refractivity contribution in [3.63, 3.8) is 0 Å². The van der Waals surface area contributed by atoms with Crippen LogP contribution < -0.4 is 10.2 Å². The first-order chi connectivity index (χ1) is 8.99. The molecule has 0 aromatic heterocycles. The number of benzene rings is 1. The average Bonchev–Trinajstić information content (AvgIpc) is 2.37. The lowest BCUT2D eigenvalue weighted by Crippen LogP contribution is -2.46. The van der Waals surface area contributed by atoms with Gasteiger partial charge in [-0.2, -0.15) is 11.8 Å². The van der Waals surface area contributed by atoms with Gasteiger partial charge in [0.05, 0.1) is 0 Å². The van der Waals surface area contributed by atoms with Crippen molar-refractivity contribution in [2.45, 2.75) is 32.9 Å². The van der Waals surface area contributed by atoms with E-state index in [2.05, 4.69) is 74.2 Å². The monoisotopic (exact) mass is 278 g/mol. The third-order valence-corrected chi connectivity index (χ3v) is 5.19. The number of hydrogen-bond donors (Lipinski definition) is 1. The quantitative estimate of drug-likeness (QED) is 0.909. The Hall–Kier alpha value is -0.670. The van der Waals surface area contributed by atoms with E-state index in [1.165, 1.54) is 29.2 Å². The highest BCUT2D eigenvalue weighted by Crippen LogP contribution is 2.34. The fourth-order valence-corrected chi connectivity index (χ4v) is 4.07. The van der Waals surface area contributed by atoms with Crippen LogP contribution in [-0.2, 0) is 6.54 Å². The van der Waals surface area contributed by atoms with Gasteiger partial charge < -0.3 is 10.2 Å². The predicted octanol–water partition coefficient (Wildman–Crippen LogP) is 3.37.